The highest BCUT2D eigenvalue weighted by Gasteiger charge is 2.67. The molecule has 5 heteroatoms. The van der Waals surface area contributed by atoms with Crippen LogP contribution in [0.25, 0.3) is 0 Å². The van der Waals surface area contributed by atoms with Crippen molar-refractivity contribution in [3.63, 3.8) is 0 Å². The van der Waals surface area contributed by atoms with E-state index in [0.717, 1.165) is 48.4 Å². The summed E-state index contributed by atoms with van der Waals surface area (Å²) in [4.78, 5) is 25.5. The van der Waals surface area contributed by atoms with Gasteiger partial charge in [0.1, 0.15) is 6.10 Å². The maximum atomic E-state index is 13.9. The predicted octanol–water partition coefficient (Wildman–Crippen LogP) is 7.58. The predicted molar refractivity (Wildman–Crippen MR) is 153 cm³/mol. The van der Waals surface area contributed by atoms with E-state index in [0.29, 0.717) is 38.8 Å². The average Bonchev–Trinajstić information content (AvgIpc) is 3.06. The van der Waals surface area contributed by atoms with Gasteiger partial charge in [-0.1, -0.05) is 78.4 Å². The van der Waals surface area contributed by atoms with Crippen molar-refractivity contribution in [2.45, 2.75) is 96.0 Å². The molecule has 0 aliphatic heterocycles. The molecule has 1 unspecified atom stereocenters. The van der Waals surface area contributed by atoms with Crippen molar-refractivity contribution in [2.24, 2.45) is 52.3 Å². The second-order valence-corrected chi connectivity index (χ2v) is 15.5. The number of halogens is 2. The topological polar surface area (TPSA) is 43.4 Å². The third-order valence-electron chi connectivity index (χ3n) is 11.4. The average molecular weight is 692 g/mol. The van der Waals surface area contributed by atoms with E-state index in [1.54, 1.807) is 12.5 Å². The molecule has 0 spiro atoms. The zero-order valence-electron chi connectivity index (χ0n) is 21.5. The molecule has 0 radical (unpaired) electrons. The van der Waals surface area contributed by atoms with Crippen molar-refractivity contribution in [3.05, 3.63) is 11.1 Å². The van der Waals surface area contributed by atoms with Crippen molar-refractivity contribution in [3.8, 4) is 0 Å². The molecule has 11 atom stereocenters. The van der Waals surface area contributed by atoms with Gasteiger partial charge >= 0.3 is 5.97 Å². The van der Waals surface area contributed by atoms with Crippen molar-refractivity contribution < 1.29 is 14.3 Å². The van der Waals surface area contributed by atoms with E-state index in [-0.39, 0.29) is 23.4 Å². The molecule has 0 heterocycles. The van der Waals surface area contributed by atoms with Gasteiger partial charge in [-0.2, -0.15) is 0 Å². The molecule has 0 N–H and O–H groups in total. The highest BCUT2D eigenvalue weighted by molar-refractivity contribution is 14.1. The van der Waals surface area contributed by atoms with Crippen LogP contribution in [0, 0.1) is 52.3 Å². The van der Waals surface area contributed by atoms with E-state index in [4.69, 9.17) is 4.74 Å². The monoisotopic (exact) mass is 692 g/mol. The molecule has 0 saturated heterocycles. The van der Waals surface area contributed by atoms with Crippen molar-refractivity contribution in [1.82, 2.24) is 0 Å². The highest BCUT2D eigenvalue weighted by Crippen LogP contribution is 2.72. The first-order chi connectivity index (χ1) is 16.0. The minimum atomic E-state index is -0.130. The molecule has 0 aromatic carbocycles. The fraction of sp³-hybridized carbons (Fsp3) is 0.862. The summed E-state index contributed by atoms with van der Waals surface area (Å²) in [7, 11) is 0. The first-order valence-corrected chi connectivity index (χ1v) is 16.4. The van der Waals surface area contributed by atoms with Crippen LogP contribution in [0.15, 0.2) is 11.1 Å². The number of rotatable bonds is 4. The molecule has 5 aliphatic rings. The molecular weight excluding hydrogens is 650 g/mol. The Kier molecular flexibility index (Phi) is 7.08. The number of ketones is 1. The van der Waals surface area contributed by atoms with Gasteiger partial charge in [0, 0.05) is 21.2 Å². The van der Waals surface area contributed by atoms with Crippen LogP contribution >= 0.6 is 45.2 Å². The van der Waals surface area contributed by atoms with Crippen LogP contribution in [-0.2, 0) is 14.3 Å². The van der Waals surface area contributed by atoms with Gasteiger partial charge in [-0.3, -0.25) is 9.59 Å². The minimum Gasteiger partial charge on any atom is -0.463 e. The van der Waals surface area contributed by atoms with Crippen molar-refractivity contribution in [2.75, 3.05) is 4.43 Å². The third kappa shape index (κ3) is 3.81. The Hall–Kier alpha value is 0.340. The Morgan fingerprint density at radius 1 is 1.18 bits per heavy atom. The van der Waals surface area contributed by atoms with Crippen LogP contribution in [0.3, 0.4) is 0 Å². The maximum Gasteiger partial charge on any atom is 0.302 e. The normalized spacial score (nSPS) is 48.6. The van der Waals surface area contributed by atoms with Gasteiger partial charge in [0.05, 0.1) is 0 Å². The SMILES string of the molecule is CC(=O)O[C@H]1CC[C@@]2(C)[C@@H](CC[C@@H]3[C@@H]2CC2=C(C[C@@H](C)CI)C(=O)C(C)[C@H]4[C@H](I)C[C@@H]3[C@]24C)C1. The summed E-state index contributed by atoms with van der Waals surface area (Å²) in [5.74, 6) is 4.39. The van der Waals surface area contributed by atoms with Gasteiger partial charge in [-0.15, -0.1) is 0 Å². The first kappa shape index (κ1) is 26.0. The lowest BCUT2D eigenvalue weighted by atomic mass is 9.42. The van der Waals surface area contributed by atoms with Crippen LogP contribution in [0.2, 0.25) is 0 Å². The summed E-state index contributed by atoms with van der Waals surface area (Å²) in [6.45, 7) is 11.3. The fourth-order valence-electron chi connectivity index (χ4n) is 9.84. The second-order valence-electron chi connectivity index (χ2n) is 13.0. The van der Waals surface area contributed by atoms with Crippen molar-refractivity contribution in [1.29, 1.82) is 0 Å². The van der Waals surface area contributed by atoms with E-state index in [1.165, 1.54) is 24.8 Å². The number of ether oxygens (including phenoxy) is 1. The van der Waals surface area contributed by atoms with Gasteiger partial charge in [0.2, 0.25) is 0 Å². The van der Waals surface area contributed by atoms with Crippen molar-refractivity contribution >= 4 is 56.9 Å². The number of carbonyl (C=O) groups is 2. The number of hydrogen-bond acceptors (Lipinski definition) is 3. The van der Waals surface area contributed by atoms with Crippen LogP contribution in [-0.4, -0.2) is 26.2 Å². The lowest BCUT2D eigenvalue weighted by molar-refractivity contribution is -0.157. The van der Waals surface area contributed by atoms with Gasteiger partial charge in [-0.25, -0.2) is 0 Å². The number of fused-ring (bicyclic) bond motifs is 4. The largest absolute Gasteiger partial charge is 0.463 e. The molecule has 190 valence electrons. The van der Waals surface area contributed by atoms with Crippen LogP contribution in [0.4, 0.5) is 0 Å². The quantitative estimate of drug-likeness (QED) is 0.174. The molecule has 0 aromatic rings. The standard InChI is InChI=1S/C29H42I2O3/c1-15(14-30)10-21-23-12-22-20(24-13-25(31)26(29(23,24)5)16(2)27(21)33)7-6-18-11-19(34-17(3)32)8-9-28(18,22)4/h15-16,18-20,22,24-26H,6-14H2,1-5H3/t15-,16?,18+,19+,20-,22+,24+,25-,26+,28+,29+/m1/s1. The zero-order valence-corrected chi connectivity index (χ0v) is 25.9. The molecule has 0 aromatic heterocycles. The second kappa shape index (κ2) is 9.27. The Bertz CT molecular complexity index is 898. The Labute approximate surface area is 233 Å². The lowest BCUT2D eigenvalue weighted by Gasteiger charge is -2.63. The summed E-state index contributed by atoms with van der Waals surface area (Å²) in [6, 6.07) is 0. The summed E-state index contributed by atoms with van der Waals surface area (Å²) >= 11 is 5.20. The number of esters is 1. The number of allylic oxidation sites excluding steroid dienone is 2. The molecule has 34 heavy (non-hydrogen) atoms. The number of Topliss-reactive ketones (excluding diaryl/α,β-unsaturated/α-hetero) is 1. The van der Waals surface area contributed by atoms with Crippen LogP contribution in [0.5, 0.6) is 0 Å². The van der Waals surface area contributed by atoms with E-state index >= 15 is 0 Å². The van der Waals surface area contributed by atoms with Gasteiger partial charge in [-0.05, 0) is 103 Å². The molecule has 4 fully saturated rings. The summed E-state index contributed by atoms with van der Waals surface area (Å²) in [6.07, 6.45) is 9.30. The fourth-order valence-corrected chi connectivity index (χ4v) is 12.1. The first-order valence-electron chi connectivity index (χ1n) is 13.7. The van der Waals surface area contributed by atoms with Crippen LogP contribution in [0.1, 0.15) is 86.0 Å². The Balaban J connectivity index is 1.55. The molecule has 5 aliphatic carbocycles. The number of alkyl halides is 2. The molecule has 0 amide bonds. The molecule has 4 saturated carbocycles. The lowest BCUT2D eigenvalue weighted by Crippen LogP contribution is -2.57. The van der Waals surface area contributed by atoms with E-state index < -0.39 is 0 Å². The van der Waals surface area contributed by atoms with Gasteiger partial charge in [0.25, 0.3) is 0 Å². The summed E-state index contributed by atoms with van der Waals surface area (Å²) < 4.78 is 7.41. The number of carbonyl (C=O) groups excluding carboxylic acids is 2. The van der Waals surface area contributed by atoms with Crippen LogP contribution < -0.4 is 0 Å². The maximum absolute atomic E-state index is 13.9. The molecular formula is C29H42I2O3. The Morgan fingerprint density at radius 2 is 1.91 bits per heavy atom. The minimum absolute atomic E-state index is 0.104. The van der Waals surface area contributed by atoms with E-state index in [9.17, 15) is 9.59 Å². The Morgan fingerprint density at radius 3 is 2.59 bits per heavy atom. The summed E-state index contributed by atoms with van der Waals surface area (Å²) in [5.41, 5.74) is 3.34. The van der Waals surface area contributed by atoms with Gasteiger partial charge in [0.15, 0.2) is 5.78 Å². The molecule has 3 nitrogen and oxygen atoms in total. The zero-order chi connectivity index (χ0) is 24.6. The molecule has 5 rings (SSSR count). The number of hydrogen-bond donors (Lipinski definition) is 0. The van der Waals surface area contributed by atoms with E-state index in [1.807, 2.05) is 0 Å². The smallest absolute Gasteiger partial charge is 0.302 e. The van der Waals surface area contributed by atoms with Gasteiger partial charge < -0.3 is 4.74 Å². The highest BCUT2D eigenvalue weighted by atomic mass is 127. The van der Waals surface area contributed by atoms with E-state index in [2.05, 4.69) is 72.9 Å². The summed E-state index contributed by atoms with van der Waals surface area (Å²) in [5, 5.41) is 0. The third-order valence-corrected chi connectivity index (χ3v) is 14.2. The molecule has 0 bridgehead atoms.